The number of nitrogens with zero attached hydrogens (tertiary/aromatic N) is 1. The molecular formula is C9H17NO4. The monoisotopic (exact) mass is 203 g/mol. The lowest BCUT2D eigenvalue weighted by atomic mass is 9.87. The smallest absolute Gasteiger partial charge is 0.0955 e. The van der Waals surface area contributed by atoms with E-state index in [2.05, 4.69) is 0 Å². The van der Waals surface area contributed by atoms with Crippen LogP contribution >= 0.6 is 0 Å². The van der Waals surface area contributed by atoms with Gasteiger partial charge in [-0.2, -0.15) is 0 Å². The predicted octanol–water partition coefficient (Wildman–Crippen LogP) is -2.09. The Hall–Kier alpha value is -0.200. The van der Waals surface area contributed by atoms with E-state index in [0.717, 1.165) is 0 Å². The second-order valence-corrected chi connectivity index (χ2v) is 4.28. The second-order valence-electron chi connectivity index (χ2n) is 4.28. The van der Waals surface area contributed by atoms with Gasteiger partial charge in [-0.25, -0.2) is 0 Å². The maximum atomic E-state index is 9.69. The SMILES string of the molecule is O[C@@H]1[C@H]2C[C@H](O)[C@H](O)CN2CC[C@@H]1O. The zero-order valence-corrected chi connectivity index (χ0v) is 7.95. The molecule has 0 amide bonds. The van der Waals surface area contributed by atoms with E-state index in [-0.39, 0.29) is 6.04 Å². The number of aliphatic hydroxyl groups is 4. The zero-order valence-electron chi connectivity index (χ0n) is 7.95. The number of rotatable bonds is 0. The van der Waals surface area contributed by atoms with Gasteiger partial charge in [-0.1, -0.05) is 0 Å². The molecule has 0 aromatic rings. The van der Waals surface area contributed by atoms with Crippen molar-refractivity contribution in [2.45, 2.75) is 43.3 Å². The van der Waals surface area contributed by atoms with E-state index in [4.69, 9.17) is 0 Å². The summed E-state index contributed by atoms with van der Waals surface area (Å²) in [5.74, 6) is 0. The third-order valence-electron chi connectivity index (χ3n) is 3.32. The van der Waals surface area contributed by atoms with Crippen molar-refractivity contribution in [2.24, 2.45) is 0 Å². The van der Waals surface area contributed by atoms with E-state index in [9.17, 15) is 20.4 Å². The van der Waals surface area contributed by atoms with Crippen molar-refractivity contribution >= 4 is 0 Å². The van der Waals surface area contributed by atoms with Crippen LogP contribution in [0.5, 0.6) is 0 Å². The molecule has 5 nitrogen and oxygen atoms in total. The minimum atomic E-state index is -0.800. The van der Waals surface area contributed by atoms with Crippen LogP contribution in [0.4, 0.5) is 0 Å². The third kappa shape index (κ3) is 1.66. The van der Waals surface area contributed by atoms with Gasteiger partial charge in [0.05, 0.1) is 24.4 Å². The van der Waals surface area contributed by atoms with Gasteiger partial charge in [0.2, 0.25) is 0 Å². The minimum absolute atomic E-state index is 0.211. The first-order chi connectivity index (χ1) is 6.59. The molecule has 4 N–H and O–H groups in total. The molecular weight excluding hydrogens is 186 g/mol. The lowest BCUT2D eigenvalue weighted by Gasteiger charge is -2.47. The van der Waals surface area contributed by atoms with Gasteiger partial charge < -0.3 is 20.4 Å². The molecule has 0 radical (unpaired) electrons. The highest BCUT2D eigenvalue weighted by Crippen LogP contribution is 2.27. The average molecular weight is 203 g/mol. The number of fused-ring (bicyclic) bond motifs is 1. The molecule has 0 aliphatic carbocycles. The van der Waals surface area contributed by atoms with Crippen LogP contribution in [-0.4, -0.2) is 68.9 Å². The molecule has 2 heterocycles. The maximum Gasteiger partial charge on any atom is 0.0955 e. The maximum absolute atomic E-state index is 9.69. The lowest BCUT2D eigenvalue weighted by Crippen LogP contribution is -2.62. The first-order valence-corrected chi connectivity index (χ1v) is 5.06. The first kappa shape index (κ1) is 10.3. The number of piperidine rings is 2. The van der Waals surface area contributed by atoms with Gasteiger partial charge in [0.1, 0.15) is 0 Å². The van der Waals surface area contributed by atoms with E-state index in [0.29, 0.717) is 25.9 Å². The third-order valence-corrected chi connectivity index (χ3v) is 3.32. The Morgan fingerprint density at radius 3 is 2.36 bits per heavy atom. The summed E-state index contributed by atoms with van der Waals surface area (Å²) in [6.07, 6.45) is -2.14. The molecule has 82 valence electrons. The highest BCUT2D eigenvalue weighted by Gasteiger charge is 2.42. The van der Waals surface area contributed by atoms with Crippen LogP contribution in [0.25, 0.3) is 0 Å². The van der Waals surface area contributed by atoms with E-state index < -0.39 is 24.4 Å². The molecule has 2 aliphatic rings. The molecule has 0 aromatic carbocycles. The summed E-state index contributed by atoms with van der Waals surface area (Å²) in [7, 11) is 0. The molecule has 0 bridgehead atoms. The molecule has 2 aliphatic heterocycles. The summed E-state index contributed by atoms with van der Waals surface area (Å²) in [4.78, 5) is 1.94. The molecule has 5 atom stereocenters. The van der Waals surface area contributed by atoms with Gasteiger partial charge in [0.25, 0.3) is 0 Å². The Labute approximate surface area is 82.6 Å². The highest BCUT2D eigenvalue weighted by molar-refractivity contribution is 4.96. The Kier molecular flexibility index (Phi) is 2.77. The Balaban J connectivity index is 2.06. The van der Waals surface area contributed by atoms with Gasteiger partial charge in [-0.15, -0.1) is 0 Å². The van der Waals surface area contributed by atoms with Crippen molar-refractivity contribution in [2.75, 3.05) is 13.1 Å². The molecule has 5 heteroatoms. The topological polar surface area (TPSA) is 84.2 Å². The zero-order chi connectivity index (χ0) is 10.3. The summed E-state index contributed by atoms with van der Waals surface area (Å²) >= 11 is 0. The van der Waals surface area contributed by atoms with Crippen molar-refractivity contribution in [3.05, 3.63) is 0 Å². The van der Waals surface area contributed by atoms with E-state index in [1.807, 2.05) is 4.90 Å². The van der Waals surface area contributed by atoms with Crippen molar-refractivity contribution in [1.82, 2.24) is 4.90 Å². The lowest BCUT2D eigenvalue weighted by molar-refractivity contribution is -0.135. The van der Waals surface area contributed by atoms with Gasteiger partial charge in [0.15, 0.2) is 0 Å². The molecule has 2 fully saturated rings. The van der Waals surface area contributed by atoms with Crippen LogP contribution < -0.4 is 0 Å². The molecule has 0 saturated carbocycles. The summed E-state index contributed by atoms with van der Waals surface area (Å²) in [5, 5.41) is 38.0. The molecule has 2 rings (SSSR count). The minimum Gasteiger partial charge on any atom is -0.390 e. The standard InChI is InChI=1S/C9H17NO4/c11-6-1-2-10-4-8(13)7(12)3-5(10)9(6)14/h5-9,11-14H,1-4H2/t5-,6+,7+,8-,9-/m1/s1. The van der Waals surface area contributed by atoms with Crippen molar-refractivity contribution in [3.63, 3.8) is 0 Å². The second kappa shape index (κ2) is 3.75. The summed E-state index contributed by atoms with van der Waals surface area (Å²) in [6, 6.07) is -0.211. The molecule has 14 heavy (non-hydrogen) atoms. The van der Waals surface area contributed by atoms with Gasteiger partial charge >= 0.3 is 0 Å². The van der Waals surface area contributed by atoms with Crippen LogP contribution in [0.2, 0.25) is 0 Å². The summed E-state index contributed by atoms with van der Waals surface area (Å²) in [6.45, 7) is 1.06. The molecule has 2 saturated heterocycles. The van der Waals surface area contributed by atoms with Gasteiger partial charge in [0, 0.05) is 19.1 Å². The summed E-state index contributed by atoms with van der Waals surface area (Å²) in [5.41, 5.74) is 0. The number of hydrogen-bond donors (Lipinski definition) is 4. The van der Waals surface area contributed by atoms with E-state index in [1.54, 1.807) is 0 Å². The fraction of sp³-hybridized carbons (Fsp3) is 1.00. The van der Waals surface area contributed by atoms with Crippen LogP contribution in [0, 0.1) is 0 Å². The Morgan fingerprint density at radius 2 is 1.64 bits per heavy atom. The fourth-order valence-electron chi connectivity index (χ4n) is 2.39. The molecule has 0 spiro atoms. The molecule has 0 unspecified atom stereocenters. The quantitative estimate of drug-likeness (QED) is 0.363. The van der Waals surface area contributed by atoms with E-state index >= 15 is 0 Å². The number of aliphatic hydroxyl groups excluding tert-OH is 4. The van der Waals surface area contributed by atoms with E-state index in [1.165, 1.54) is 0 Å². The van der Waals surface area contributed by atoms with Crippen molar-refractivity contribution < 1.29 is 20.4 Å². The number of hydrogen-bond acceptors (Lipinski definition) is 5. The Morgan fingerprint density at radius 1 is 0.929 bits per heavy atom. The van der Waals surface area contributed by atoms with Gasteiger partial charge in [-0.05, 0) is 12.8 Å². The van der Waals surface area contributed by atoms with Crippen LogP contribution in [0.1, 0.15) is 12.8 Å². The first-order valence-electron chi connectivity index (χ1n) is 5.06. The largest absolute Gasteiger partial charge is 0.390 e. The Bertz CT molecular complexity index is 213. The average Bonchev–Trinajstić information content (AvgIpc) is 2.15. The van der Waals surface area contributed by atoms with Crippen LogP contribution in [-0.2, 0) is 0 Å². The van der Waals surface area contributed by atoms with Crippen molar-refractivity contribution in [1.29, 1.82) is 0 Å². The fourth-order valence-corrected chi connectivity index (χ4v) is 2.39. The normalized spacial score (nSPS) is 50.1. The van der Waals surface area contributed by atoms with Crippen molar-refractivity contribution in [3.8, 4) is 0 Å². The summed E-state index contributed by atoms with van der Waals surface area (Å²) < 4.78 is 0. The molecule has 0 aromatic heterocycles. The van der Waals surface area contributed by atoms with Crippen LogP contribution in [0.15, 0.2) is 0 Å². The van der Waals surface area contributed by atoms with Gasteiger partial charge in [-0.3, -0.25) is 4.90 Å². The highest BCUT2D eigenvalue weighted by atomic mass is 16.3. The predicted molar refractivity (Wildman–Crippen MR) is 48.6 cm³/mol. The van der Waals surface area contributed by atoms with Crippen LogP contribution in [0.3, 0.4) is 0 Å².